The largest absolute Gasteiger partial charge is 0.338 e. The van der Waals surface area contributed by atoms with Crippen LogP contribution in [0.2, 0.25) is 0 Å². The Bertz CT molecular complexity index is 642. The highest BCUT2D eigenvalue weighted by molar-refractivity contribution is 5.95. The van der Waals surface area contributed by atoms with Crippen molar-refractivity contribution in [2.24, 2.45) is 5.92 Å². The lowest BCUT2D eigenvalue weighted by Gasteiger charge is -2.44. The third-order valence-electron chi connectivity index (χ3n) is 6.21. The Hall–Kier alpha value is -2.04. The summed E-state index contributed by atoms with van der Waals surface area (Å²) in [5.41, 5.74) is 1.44. The van der Waals surface area contributed by atoms with E-state index < -0.39 is 0 Å². The zero-order chi connectivity index (χ0) is 19.8. The fourth-order valence-electron chi connectivity index (χ4n) is 4.67. The minimum absolute atomic E-state index is 0.142. The first-order valence-corrected chi connectivity index (χ1v) is 11.1. The van der Waals surface area contributed by atoms with Gasteiger partial charge in [0.15, 0.2) is 0 Å². The van der Waals surface area contributed by atoms with Crippen molar-refractivity contribution >= 4 is 17.6 Å². The highest BCUT2D eigenvalue weighted by atomic mass is 16.2. The lowest BCUT2D eigenvalue weighted by Crippen LogP contribution is -2.49. The summed E-state index contributed by atoms with van der Waals surface area (Å²) in [5.74, 6) is 0.830. The summed E-state index contributed by atoms with van der Waals surface area (Å²) in [6.45, 7) is 3.74. The standard InChI is InChI=1S/C23H35N3O2/c1-2-3-4-7-16-24-23(28)25-20-14-12-19(13-15-20)22(27)26-17-8-10-18-9-5-6-11-21(18)26/h12-15,18,21H,2-11,16-17H2,1H3,(H2,24,25,28)/t18-,21-/m0/s1. The molecular formula is C23H35N3O2. The van der Waals surface area contributed by atoms with Crippen molar-refractivity contribution in [3.8, 4) is 0 Å². The number of unbranched alkanes of at least 4 members (excludes halogenated alkanes) is 3. The molecule has 0 bridgehead atoms. The average molecular weight is 386 g/mol. The van der Waals surface area contributed by atoms with E-state index in [2.05, 4.69) is 22.5 Å². The van der Waals surface area contributed by atoms with Crippen LogP contribution >= 0.6 is 0 Å². The van der Waals surface area contributed by atoms with Gasteiger partial charge >= 0.3 is 6.03 Å². The van der Waals surface area contributed by atoms with E-state index in [9.17, 15) is 9.59 Å². The molecule has 1 aromatic rings. The SMILES string of the molecule is CCCCCCNC(=O)Nc1ccc(C(=O)N2CCC[C@@H]3CCCC[C@@H]32)cc1. The predicted octanol–water partition coefficient (Wildman–Crippen LogP) is 5.18. The molecule has 1 aliphatic carbocycles. The van der Waals surface area contributed by atoms with Crippen LogP contribution in [0.15, 0.2) is 24.3 Å². The molecule has 1 aromatic carbocycles. The zero-order valence-corrected chi connectivity index (χ0v) is 17.2. The van der Waals surface area contributed by atoms with Crippen LogP contribution in [0.25, 0.3) is 0 Å². The number of carbonyl (C=O) groups is 2. The molecule has 3 amide bonds. The number of likely N-dealkylation sites (tertiary alicyclic amines) is 1. The molecule has 2 atom stereocenters. The van der Waals surface area contributed by atoms with E-state index in [-0.39, 0.29) is 11.9 Å². The molecule has 0 radical (unpaired) electrons. The number of hydrogen-bond acceptors (Lipinski definition) is 2. The molecule has 2 fully saturated rings. The van der Waals surface area contributed by atoms with Gasteiger partial charge in [-0.15, -0.1) is 0 Å². The molecular weight excluding hydrogens is 350 g/mol. The summed E-state index contributed by atoms with van der Waals surface area (Å²) >= 11 is 0. The van der Waals surface area contributed by atoms with E-state index >= 15 is 0 Å². The molecule has 3 rings (SSSR count). The fraction of sp³-hybridized carbons (Fsp3) is 0.652. The molecule has 1 aliphatic heterocycles. The first-order chi connectivity index (χ1) is 13.7. The topological polar surface area (TPSA) is 61.4 Å². The smallest absolute Gasteiger partial charge is 0.319 e. The lowest BCUT2D eigenvalue weighted by atomic mass is 9.78. The maximum Gasteiger partial charge on any atom is 0.319 e. The van der Waals surface area contributed by atoms with Gasteiger partial charge in [-0.25, -0.2) is 4.79 Å². The van der Waals surface area contributed by atoms with Crippen molar-refractivity contribution in [3.63, 3.8) is 0 Å². The second-order valence-corrected chi connectivity index (χ2v) is 8.27. The van der Waals surface area contributed by atoms with Crippen LogP contribution in [0, 0.1) is 5.92 Å². The summed E-state index contributed by atoms with van der Waals surface area (Å²) in [6.07, 6.45) is 11.9. The van der Waals surface area contributed by atoms with Gasteiger partial charge in [0.2, 0.25) is 0 Å². The molecule has 2 N–H and O–H groups in total. The van der Waals surface area contributed by atoms with E-state index in [0.29, 0.717) is 18.5 Å². The first kappa shape index (κ1) is 20.7. The Balaban J connectivity index is 1.50. The lowest BCUT2D eigenvalue weighted by molar-refractivity contribution is 0.0390. The van der Waals surface area contributed by atoms with Gasteiger partial charge in [0.1, 0.15) is 0 Å². The Morgan fingerprint density at radius 2 is 1.75 bits per heavy atom. The van der Waals surface area contributed by atoms with Gasteiger partial charge in [-0.3, -0.25) is 4.79 Å². The minimum Gasteiger partial charge on any atom is -0.338 e. The first-order valence-electron chi connectivity index (χ1n) is 11.1. The zero-order valence-electron chi connectivity index (χ0n) is 17.2. The highest BCUT2D eigenvalue weighted by Gasteiger charge is 2.35. The van der Waals surface area contributed by atoms with Crippen LogP contribution in [0.4, 0.5) is 10.5 Å². The normalized spacial score (nSPS) is 21.7. The van der Waals surface area contributed by atoms with Gasteiger partial charge in [0.25, 0.3) is 5.91 Å². The van der Waals surface area contributed by atoms with Crippen LogP contribution < -0.4 is 10.6 Å². The molecule has 0 aromatic heterocycles. The molecule has 28 heavy (non-hydrogen) atoms. The van der Waals surface area contributed by atoms with Crippen LogP contribution in [0.3, 0.4) is 0 Å². The number of hydrogen-bond donors (Lipinski definition) is 2. The predicted molar refractivity (Wildman–Crippen MR) is 114 cm³/mol. The van der Waals surface area contributed by atoms with E-state index in [1.807, 2.05) is 24.3 Å². The molecule has 0 unspecified atom stereocenters. The summed E-state index contributed by atoms with van der Waals surface area (Å²) in [6, 6.07) is 7.57. The van der Waals surface area contributed by atoms with Gasteiger partial charge in [0.05, 0.1) is 0 Å². The van der Waals surface area contributed by atoms with Crippen LogP contribution in [-0.2, 0) is 0 Å². The number of benzene rings is 1. The van der Waals surface area contributed by atoms with Gasteiger partial charge in [-0.05, 0) is 62.3 Å². The molecule has 1 saturated heterocycles. The van der Waals surface area contributed by atoms with E-state index in [1.54, 1.807) is 0 Å². The quantitative estimate of drug-likeness (QED) is 0.635. The number of rotatable bonds is 7. The van der Waals surface area contributed by atoms with Crippen molar-refractivity contribution in [2.75, 3.05) is 18.4 Å². The number of nitrogens with one attached hydrogen (secondary N) is 2. The van der Waals surface area contributed by atoms with E-state index in [1.165, 1.54) is 38.5 Å². The van der Waals surface area contributed by atoms with Crippen molar-refractivity contribution in [1.82, 2.24) is 10.2 Å². The third kappa shape index (κ3) is 5.49. The molecule has 5 heteroatoms. The Labute approximate surface area is 169 Å². The summed E-state index contributed by atoms with van der Waals surface area (Å²) < 4.78 is 0. The van der Waals surface area contributed by atoms with E-state index in [4.69, 9.17) is 0 Å². The summed E-state index contributed by atoms with van der Waals surface area (Å²) in [5, 5.41) is 5.73. The number of urea groups is 1. The van der Waals surface area contributed by atoms with E-state index in [0.717, 1.165) is 43.5 Å². The molecule has 0 spiro atoms. The molecule has 154 valence electrons. The van der Waals surface area contributed by atoms with Gasteiger partial charge < -0.3 is 15.5 Å². The van der Waals surface area contributed by atoms with Gasteiger partial charge in [0, 0.05) is 30.4 Å². The Morgan fingerprint density at radius 1 is 1.00 bits per heavy atom. The number of piperidine rings is 1. The maximum atomic E-state index is 13.0. The third-order valence-corrected chi connectivity index (χ3v) is 6.21. The minimum atomic E-state index is -0.184. The van der Waals surface area contributed by atoms with Gasteiger partial charge in [-0.1, -0.05) is 39.0 Å². The second kappa shape index (κ2) is 10.5. The van der Waals surface area contributed by atoms with Crippen LogP contribution in [0.5, 0.6) is 0 Å². The van der Waals surface area contributed by atoms with Crippen LogP contribution in [0.1, 0.15) is 81.5 Å². The summed E-state index contributed by atoms with van der Waals surface area (Å²) in [7, 11) is 0. The highest BCUT2D eigenvalue weighted by Crippen LogP contribution is 2.36. The Morgan fingerprint density at radius 3 is 2.54 bits per heavy atom. The molecule has 2 aliphatic rings. The van der Waals surface area contributed by atoms with Gasteiger partial charge in [-0.2, -0.15) is 0 Å². The monoisotopic (exact) mass is 385 g/mol. The number of nitrogens with zero attached hydrogens (tertiary/aromatic N) is 1. The van der Waals surface area contributed by atoms with Crippen molar-refractivity contribution < 1.29 is 9.59 Å². The second-order valence-electron chi connectivity index (χ2n) is 8.27. The fourth-order valence-corrected chi connectivity index (χ4v) is 4.67. The Kier molecular flexibility index (Phi) is 7.75. The maximum absolute atomic E-state index is 13.0. The molecule has 1 heterocycles. The number of anilines is 1. The number of fused-ring (bicyclic) bond motifs is 1. The molecule has 1 saturated carbocycles. The van der Waals surface area contributed by atoms with Crippen molar-refractivity contribution in [1.29, 1.82) is 0 Å². The summed E-state index contributed by atoms with van der Waals surface area (Å²) in [4.78, 5) is 27.1. The number of amides is 3. The van der Waals surface area contributed by atoms with Crippen molar-refractivity contribution in [3.05, 3.63) is 29.8 Å². The van der Waals surface area contributed by atoms with Crippen LogP contribution in [-0.4, -0.2) is 36.0 Å². The molecule has 5 nitrogen and oxygen atoms in total. The average Bonchev–Trinajstić information content (AvgIpc) is 2.73. The van der Waals surface area contributed by atoms with Crippen molar-refractivity contribution in [2.45, 2.75) is 77.2 Å². The number of carbonyl (C=O) groups excluding carboxylic acids is 2.